The maximum atomic E-state index is 2.37. The van der Waals surface area contributed by atoms with Crippen molar-refractivity contribution in [2.75, 3.05) is 0 Å². The Morgan fingerprint density at radius 3 is 1.85 bits per heavy atom. The van der Waals surface area contributed by atoms with Crippen molar-refractivity contribution in [2.24, 2.45) is 0 Å². The Kier molecular flexibility index (Phi) is 10.9. The summed E-state index contributed by atoms with van der Waals surface area (Å²) < 4.78 is 0. The van der Waals surface area contributed by atoms with Gasteiger partial charge in [0.1, 0.15) is 0 Å². The smallest absolute Gasteiger partial charge is 0.0181 e. The maximum Gasteiger partial charge on any atom is -0.0181 e. The van der Waals surface area contributed by atoms with Crippen LogP contribution < -0.4 is 0 Å². The predicted molar refractivity (Wildman–Crippen MR) is 118 cm³/mol. The van der Waals surface area contributed by atoms with Crippen LogP contribution in [-0.2, 0) is 6.42 Å². The zero-order valence-corrected chi connectivity index (χ0v) is 16.9. The molecule has 0 nitrogen and oxygen atoms in total. The molecule has 2 rings (SSSR count). The topological polar surface area (TPSA) is 0 Å². The van der Waals surface area contributed by atoms with Gasteiger partial charge in [0, 0.05) is 0 Å². The van der Waals surface area contributed by atoms with Gasteiger partial charge in [-0.15, -0.1) is 0 Å². The van der Waals surface area contributed by atoms with E-state index < -0.39 is 0 Å². The molecule has 0 atom stereocenters. The highest BCUT2D eigenvalue weighted by atomic mass is 14.0. The summed E-state index contributed by atoms with van der Waals surface area (Å²) in [5.41, 5.74) is 1.50. The van der Waals surface area contributed by atoms with Crippen LogP contribution in [-0.4, -0.2) is 0 Å². The number of hydrogen-bond acceptors (Lipinski definition) is 0. The monoisotopic (exact) mass is 350 g/mol. The van der Waals surface area contributed by atoms with Crippen molar-refractivity contribution in [3.63, 3.8) is 0 Å². The van der Waals surface area contributed by atoms with Crippen LogP contribution in [0.4, 0.5) is 0 Å². The Balaban J connectivity index is 1.41. The zero-order valence-electron chi connectivity index (χ0n) is 16.9. The summed E-state index contributed by atoms with van der Waals surface area (Å²) in [7, 11) is 0. The molecule has 0 fully saturated rings. The lowest BCUT2D eigenvalue weighted by Gasteiger charge is -2.05. The average molecular weight is 351 g/mol. The van der Waals surface area contributed by atoms with Crippen LogP contribution in [0, 0.1) is 0 Å². The number of benzene rings is 2. The number of allylic oxidation sites excluding steroid dienone is 2. The van der Waals surface area contributed by atoms with E-state index >= 15 is 0 Å². The van der Waals surface area contributed by atoms with E-state index in [1.165, 1.54) is 99.8 Å². The molecule has 0 aliphatic heterocycles. The fourth-order valence-electron chi connectivity index (χ4n) is 3.74. The van der Waals surface area contributed by atoms with Gasteiger partial charge in [-0.3, -0.25) is 0 Å². The molecule has 0 heterocycles. The van der Waals surface area contributed by atoms with Crippen molar-refractivity contribution >= 4 is 10.8 Å². The lowest BCUT2D eigenvalue weighted by atomic mass is 10.0. The Morgan fingerprint density at radius 2 is 1.19 bits per heavy atom. The Labute approximate surface area is 161 Å². The first kappa shape index (κ1) is 20.7. The van der Waals surface area contributed by atoms with E-state index in [9.17, 15) is 0 Å². The van der Waals surface area contributed by atoms with E-state index in [1.54, 1.807) is 0 Å². The zero-order chi connectivity index (χ0) is 18.3. The standard InChI is InChI=1S/C26H38/c1-2-3-4-5-6-7-8-9-10-11-12-13-14-15-18-24-21-22-25-19-16-17-20-26(25)23-24/h2-3,16-17,19-23H,4-15,18H2,1H3/b3-2+. The molecule has 0 unspecified atom stereocenters. The Bertz CT molecular complexity index is 623. The molecule has 0 saturated carbocycles. The Morgan fingerprint density at radius 1 is 0.615 bits per heavy atom. The van der Waals surface area contributed by atoms with E-state index in [0.29, 0.717) is 0 Å². The first-order chi connectivity index (χ1) is 12.9. The normalized spacial score (nSPS) is 11.6. The van der Waals surface area contributed by atoms with E-state index in [4.69, 9.17) is 0 Å². The van der Waals surface area contributed by atoms with Crippen LogP contribution >= 0.6 is 0 Å². The maximum absolute atomic E-state index is 2.37. The quantitative estimate of drug-likeness (QED) is 0.236. The van der Waals surface area contributed by atoms with Crippen LogP contribution in [0.2, 0.25) is 0 Å². The van der Waals surface area contributed by atoms with Crippen molar-refractivity contribution in [3.05, 3.63) is 60.2 Å². The van der Waals surface area contributed by atoms with Crippen LogP contribution in [0.1, 0.15) is 89.5 Å². The molecule has 0 bridgehead atoms. The average Bonchev–Trinajstić information content (AvgIpc) is 2.68. The third kappa shape index (κ3) is 8.70. The van der Waals surface area contributed by atoms with Gasteiger partial charge in [-0.25, -0.2) is 0 Å². The van der Waals surface area contributed by atoms with Crippen LogP contribution in [0.15, 0.2) is 54.6 Å². The van der Waals surface area contributed by atoms with Gasteiger partial charge >= 0.3 is 0 Å². The molecule has 0 heteroatoms. The summed E-state index contributed by atoms with van der Waals surface area (Å²) in [6.45, 7) is 2.11. The molecule has 26 heavy (non-hydrogen) atoms. The number of rotatable bonds is 14. The predicted octanol–water partition coefficient (Wildman–Crippen LogP) is 8.64. The van der Waals surface area contributed by atoms with Gasteiger partial charge in [0.2, 0.25) is 0 Å². The molecular formula is C26H38. The summed E-state index contributed by atoms with van der Waals surface area (Å²) in [6.07, 6.45) is 22.5. The molecule has 0 aliphatic carbocycles. The summed E-state index contributed by atoms with van der Waals surface area (Å²) in [6, 6.07) is 15.6. The van der Waals surface area contributed by atoms with Crippen molar-refractivity contribution in [2.45, 2.75) is 90.4 Å². The van der Waals surface area contributed by atoms with Crippen LogP contribution in [0.5, 0.6) is 0 Å². The number of fused-ring (bicyclic) bond motifs is 1. The van der Waals surface area contributed by atoms with Crippen molar-refractivity contribution in [3.8, 4) is 0 Å². The molecule has 142 valence electrons. The molecule has 0 aliphatic rings. The minimum Gasteiger partial charge on any atom is -0.0917 e. The number of hydrogen-bond donors (Lipinski definition) is 0. The van der Waals surface area contributed by atoms with Gasteiger partial charge in [-0.05, 0) is 48.9 Å². The van der Waals surface area contributed by atoms with Gasteiger partial charge < -0.3 is 0 Å². The van der Waals surface area contributed by atoms with Gasteiger partial charge in [0.05, 0.1) is 0 Å². The van der Waals surface area contributed by atoms with Gasteiger partial charge in [0.15, 0.2) is 0 Å². The van der Waals surface area contributed by atoms with E-state index in [1.807, 2.05) is 0 Å². The molecule has 2 aromatic rings. The third-order valence-electron chi connectivity index (χ3n) is 5.39. The summed E-state index contributed by atoms with van der Waals surface area (Å²) in [5.74, 6) is 0. The molecule has 0 aromatic heterocycles. The van der Waals surface area contributed by atoms with Crippen LogP contribution in [0.25, 0.3) is 10.8 Å². The Hall–Kier alpha value is -1.56. The number of aryl methyl sites for hydroxylation is 1. The lowest BCUT2D eigenvalue weighted by molar-refractivity contribution is 0.546. The third-order valence-corrected chi connectivity index (χ3v) is 5.39. The molecule has 0 radical (unpaired) electrons. The first-order valence-corrected chi connectivity index (χ1v) is 11.0. The summed E-state index contributed by atoms with van der Waals surface area (Å²) in [4.78, 5) is 0. The fraction of sp³-hybridized carbons (Fsp3) is 0.538. The van der Waals surface area contributed by atoms with E-state index in [2.05, 4.69) is 61.5 Å². The van der Waals surface area contributed by atoms with Crippen LogP contribution in [0.3, 0.4) is 0 Å². The number of unbranched alkanes of at least 4 members (excludes halogenated alkanes) is 11. The van der Waals surface area contributed by atoms with Crippen molar-refractivity contribution < 1.29 is 0 Å². The second kappa shape index (κ2) is 13.6. The van der Waals surface area contributed by atoms with Crippen molar-refractivity contribution in [1.29, 1.82) is 0 Å². The minimum absolute atomic E-state index is 1.23. The van der Waals surface area contributed by atoms with E-state index in [0.717, 1.165) is 0 Å². The fourth-order valence-corrected chi connectivity index (χ4v) is 3.74. The highest BCUT2D eigenvalue weighted by Gasteiger charge is 1.97. The van der Waals surface area contributed by atoms with Gasteiger partial charge in [0.25, 0.3) is 0 Å². The lowest BCUT2D eigenvalue weighted by Crippen LogP contribution is -1.87. The highest BCUT2D eigenvalue weighted by Crippen LogP contribution is 2.18. The molecule has 0 spiro atoms. The molecular weight excluding hydrogens is 312 g/mol. The SMILES string of the molecule is C/C=C/CCCCCCCCCCCCCc1ccc2ccccc2c1. The summed E-state index contributed by atoms with van der Waals surface area (Å²) >= 11 is 0. The molecule has 2 aromatic carbocycles. The highest BCUT2D eigenvalue weighted by molar-refractivity contribution is 5.82. The second-order valence-electron chi connectivity index (χ2n) is 7.68. The van der Waals surface area contributed by atoms with Crippen molar-refractivity contribution in [1.82, 2.24) is 0 Å². The summed E-state index contributed by atoms with van der Waals surface area (Å²) in [5, 5.41) is 2.74. The van der Waals surface area contributed by atoms with E-state index in [-0.39, 0.29) is 0 Å². The molecule has 0 saturated heterocycles. The molecule has 0 amide bonds. The van der Waals surface area contributed by atoms with Gasteiger partial charge in [-0.2, -0.15) is 0 Å². The second-order valence-corrected chi connectivity index (χ2v) is 7.68. The molecule has 0 N–H and O–H groups in total. The minimum atomic E-state index is 1.23. The largest absolute Gasteiger partial charge is 0.0917 e. The first-order valence-electron chi connectivity index (χ1n) is 11.0. The van der Waals surface area contributed by atoms with Gasteiger partial charge in [-0.1, -0.05) is 112 Å².